The van der Waals surface area contributed by atoms with E-state index in [1.54, 1.807) is 31.3 Å². The Morgan fingerprint density at radius 3 is 2.79 bits per heavy atom. The number of aliphatic hydroxyl groups is 1. The van der Waals surface area contributed by atoms with Gasteiger partial charge in [-0.1, -0.05) is 31.8 Å². The van der Waals surface area contributed by atoms with Gasteiger partial charge in [-0.15, -0.1) is 0 Å². The van der Waals surface area contributed by atoms with Crippen molar-refractivity contribution in [3.63, 3.8) is 0 Å². The predicted octanol–water partition coefficient (Wildman–Crippen LogP) is 3.13. The summed E-state index contributed by atoms with van der Waals surface area (Å²) in [6, 6.07) is 10.3. The maximum atomic E-state index is 13.5. The first-order chi connectivity index (χ1) is 16.3. The van der Waals surface area contributed by atoms with Gasteiger partial charge in [-0.25, -0.2) is 8.42 Å². The van der Waals surface area contributed by atoms with Crippen molar-refractivity contribution in [3.8, 4) is 17.6 Å². The summed E-state index contributed by atoms with van der Waals surface area (Å²) in [6.07, 6.45) is 3.24. The lowest BCUT2D eigenvalue weighted by molar-refractivity contribution is 0.0730. The van der Waals surface area contributed by atoms with Gasteiger partial charge >= 0.3 is 0 Å². The lowest BCUT2D eigenvalue weighted by Crippen LogP contribution is -2.49. The van der Waals surface area contributed by atoms with Gasteiger partial charge in [-0.05, 0) is 50.7 Å². The number of fused-ring (bicyclic) bond motifs is 1. The van der Waals surface area contributed by atoms with E-state index in [0.29, 0.717) is 18.8 Å². The molecule has 2 aromatic rings. The Balaban J connectivity index is 1.97. The first kappa shape index (κ1) is 26.2. The van der Waals surface area contributed by atoms with Crippen LogP contribution in [0.4, 0.5) is 0 Å². The van der Waals surface area contributed by atoms with Crippen molar-refractivity contribution in [2.24, 2.45) is 5.92 Å². The predicted molar refractivity (Wildman–Crippen MR) is 133 cm³/mol. The van der Waals surface area contributed by atoms with Gasteiger partial charge in [-0.2, -0.15) is 4.31 Å². The van der Waals surface area contributed by atoms with Crippen molar-refractivity contribution in [1.82, 2.24) is 14.2 Å². The second-order valence-electron chi connectivity index (χ2n) is 8.97. The SMILES string of the molecule is CCCC#Cc1ccc2c(c1)O[C@@H](CN(C)Cc1ccccn1)[C@@H](C)CN([C@@H](C)CO)S2(=O)=O. The van der Waals surface area contributed by atoms with Crippen LogP contribution in [0.15, 0.2) is 47.5 Å². The number of aromatic nitrogens is 1. The van der Waals surface area contributed by atoms with Crippen LogP contribution in [0.3, 0.4) is 0 Å². The standard InChI is InChI=1S/C26H35N3O4S/c1-5-6-7-10-22-12-13-26-24(15-22)33-25(18-28(4)17-23-11-8-9-14-27-23)20(2)16-29(21(3)19-30)34(26,31)32/h8-9,11-15,20-21,25,30H,5-6,16-19H2,1-4H3/t20-,21-,25-/m0/s1. The molecular weight excluding hydrogens is 450 g/mol. The van der Waals surface area contributed by atoms with Crippen molar-refractivity contribution in [3.05, 3.63) is 53.9 Å². The minimum atomic E-state index is -3.85. The number of nitrogens with zero attached hydrogens (tertiary/aromatic N) is 3. The van der Waals surface area contributed by atoms with Crippen LogP contribution in [-0.2, 0) is 16.6 Å². The lowest BCUT2D eigenvalue weighted by atomic mass is 10.0. The second-order valence-corrected chi connectivity index (χ2v) is 10.8. The Kier molecular flexibility index (Phi) is 9.09. The molecule has 0 amide bonds. The fourth-order valence-electron chi connectivity index (χ4n) is 3.95. The van der Waals surface area contributed by atoms with Gasteiger partial charge in [0, 0.05) is 49.8 Å². The largest absolute Gasteiger partial charge is 0.487 e. The Morgan fingerprint density at radius 1 is 1.32 bits per heavy atom. The van der Waals surface area contributed by atoms with Crippen molar-refractivity contribution in [1.29, 1.82) is 0 Å². The fraction of sp³-hybridized carbons (Fsp3) is 0.500. The molecule has 3 atom stereocenters. The Labute approximate surface area is 203 Å². The highest BCUT2D eigenvalue weighted by Crippen LogP contribution is 2.34. The number of hydrogen-bond donors (Lipinski definition) is 1. The molecule has 0 spiro atoms. The van der Waals surface area contributed by atoms with Gasteiger partial charge in [0.25, 0.3) is 0 Å². The summed E-state index contributed by atoms with van der Waals surface area (Å²) in [5.41, 5.74) is 1.67. The summed E-state index contributed by atoms with van der Waals surface area (Å²) in [4.78, 5) is 6.64. The molecule has 3 rings (SSSR count). The molecule has 2 heterocycles. The molecule has 1 N–H and O–H groups in total. The molecule has 0 fully saturated rings. The van der Waals surface area contributed by atoms with Crippen molar-refractivity contribution in [2.45, 2.75) is 57.2 Å². The van der Waals surface area contributed by atoms with Gasteiger partial charge in [-0.3, -0.25) is 9.88 Å². The highest BCUT2D eigenvalue weighted by Gasteiger charge is 2.38. The molecule has 0 saturated carbocycles. The minimum Gasteiger partial charge on any atom is -0.487 e. The number of ether oxygens (including phenoxy) is 1. The summed E-state index contributed by atoms with van der Waals surface area (Å²) in [6.45, 7) is 7.01. The number of benzene rings is 1. The van der Waals surface area contributed by atoms with E-state index in [2.05, 4.69) is 28.6 Å². The monoisotopic (exact) mass is 485 g/mol. The molecule has 0 saturated heterocycles. The van der Waals surface area contributed by atoms with Gasteiger partial charge in [0.15, 0.2) is 0 Å². The topological polar surface area (TPSA) is 83.0 Å². The number of pyridine rings is 1. The molecule has 7 nitrogen and oxygen atoms in total. The van der Waals surface area contributed by atoms with Crippen LogP contribution in [0.5, 0.6) is 5.75 Å². The second kappa shape index (κ2) is 11.8. The number of rotatable bonds is 7. The van der Waals surface area contributed by atoms with E-state index in [1.807, 2.05) is 32.2 Å². The maximum absolute atomic E-state index is 13.5. The molecule has 1 aliphatic rings. The maximum Gasteiger partial charge on any atom is 0.247 e. The van der Waals surface area contributed by atoms with Crippen LogP contribution in [0.2, 0.25) is 0 Å². The van der Waals surface area contributed by atoms with E-state index in [9.17, 15) is 13.5 Å². The average Bonchev–Trinajstić information content (AvgIpc) is 2.81. The van der Waals surface area contributed by atoms with Crippen molar-refractivity contribution in [2.75, 3.05) is 26.7 Å². The first-order valence-electron chi connectivity index (χ1n) is 11.8. The van der Waals surface area contributed by atoms with Crippen LogP contribution in [0.25, 0.3) is 0 Å². The van der Waals surface area contributed by atoms with Crippen LogP contribution < -0.4 is 4.74 Å². The normalized spacial score (nSPS) is 20.9. The first-order valence-corrected chi connectivity index (χ1v) is 13.2. The van der Waals surface area contributed by atoms with Crippen LogP contribution in [-0.4, -0.2) is 66.6 Å². The third-order valence-electron chi connectivity index (χ3n) is 5.92. The highest BCUT2D eigenvalue weighted by molar-refractivity contribution is 7.89. The van der Waals surface area contributed by atoms with Gasteiger partial charge < -0.3 is 9.84 Å². The highest BCUT2D eigenvalue weighted by atomic mass is 32.2. The zero-order valence-electron chi connectivity index (χ0n) is 20.4. The van der Waals surface area contributed by atoms with E-state index in [4.69, 9.17) is 4.74 Å². The fourth-order valence-corrected chi connectivity index (χ4v) is 5.78. The molecule has 1 aliphatic heterocycles. The molecule has 184 valence electrons. The summed E-state index contributed by atoms with van der Waals surface area (Å²) in [5.74, 6) is 6.41. The molecule has 34 heavy (non-hydrogen) atoms. The van der Waals surface area contributed by atoms with E-state index in [1.165, 1.54) is 4.31 Å². The van der Waals surface area contributed by atoms with Crippen molar-refractivity contribution < 1.29 is 18.3 Å². The third kappa shape index (κ3) is 6.36. The zero-order valence-corrected chi connectivity index (χ0v) is 21.3. The summed E-state index contributed by atoms with van der Waals surface area (Å²) < 4.78 is 34.9. The Bertz CT molecular complexity index is 1110. The molecular formula is C26H35N3O4S. The van der Waals surface area contributed by atoms with Crippen LogP contribution in [0, 0.1) is 17.8 Å². The van der Waals surface area contributed by atoms with E-state index < -0.39 is 16.1 Å². The van der Waals surface area contributed by atoms with E-state index in [-0.39, 0.29) is 30.1 Å². The van der Waals surface area contributed by atoms with Crippen LogP contribution >= 0.6 is 0 Å². The Hall–Kier alpha value is -2.44. The van der Waals surface area contributed by atoms with Crippen molar-refractivity contribution >= 4 is 10.0 Å². The van der Waals surface area contributed by atoms with Gasteiger partial charge in [0.05, 0.1) is 12.3 Å². The summed E-state index contributed by atoms with van der Waals surface area (Å²) >= 11 is 0. The molecule has 0 radical (unpaired) electrons. The van der Waals surface area contributed by atoms with E-state index >= 15 is 0 Å². The number of aliphatic hydroxyl groups excluding tert-OH is 1. The van der Waals surface area contributed by atoms with Gasteiger partial charge in [0.1, 0.15) is 16.7 Å². The van der Waals surface area contributed by atoms with E-state index in [0.717, 1.165) is 24.1 Å². The minimum absolute atomic E-state index is 0.109. The molecule has 0 aliphatic carbocycles. The number of unbranched alkanes of at least 4 members (excludes halogenated alkanes) is 1. The number of hydrogen-bond acceptors (Lipinski definition) is 6. The number of likely N-dealkylation sites (N-methyl/N-ethyl adjacent to an activating group) is 1. The molecule has 8 heteroatoms. The molecule has 0 bridgehead atoms. The molecule has 1 aromatic heterocycles. The quantitative estimate of drug-likeness (QED) is 0.607. The smallest absolute Gasteiger partial charge is 0.247 e. The zero-order chi connectivity index (χ0) is 24.7. The molecule has 0 unspecified atom stereocenters. The Morgan fingerprint density at radius 2 is 2.12 bits per heavy atom. The number of sulfonamides is 1. The third-order valence-corrected chi connectivity index (χ3v) is 7.94. The lowest BCUT2D eigenvalue weighted by Gasteiger charge is -2.37. The molecule has 1 aromatic carbocycles. The summed E-state index contributed by atoms with van der Waals surface area (Å²) in [7, 11) is -1.85. The van der Waals surface area contributed by atoms with Crippen LogP contribution in [0.1, 0.15) is 44.9 Å². The van der Waals surface area contributed by atoms with Gasteiger partial charge in [0.2, 0.25) is 10.0 Å². The average molecular weight is 486 g/mol. The summed E-state index contributed by atoms with van der Waals surface area (Å²) in [5, 5.41) is 9.78.